The molecule has 1 fully saturated rings. The number of likely N-dealkylation sites (tertiary alicyclic amines) is 1. The van der Waals surface area contributed by atoms with Gasteiger partial charge in [-0.3, -0.25) is 9.78 Å². The van der Waals surface area contributed by atoms with Crippen molar-refractivity contribution in [3.05, 3.63) is 95.3 Å². The number of piperidine rings is 1. The molecule has 0 radical (unpaired) electrons. The molecule has 0 aliphatic carbocycles. The molecule has 0 atom stereocenters. The van der Waals surface area contributed by atoms with E-state index in [1.807, 2.05) is 29.2 Å². The second-order valence-corrected chi connectivity index (χ2v) is 7.82. The lowest BCUT2D eigenvalue weighted by atomic mass is 9.88. The highest BCUT2D eigenvalue weighted by molar-refractivity contribution is 5.94. The van der Waals surface area contributed by atoms with E-state index >= 15 is 0 Å². The molecule has 5 nitrogen and oxygen atoms in total. The third-order valence-corrected chi connectivity index (χ3v) is 5.76. The summed E-state index contributed by atoms with van der Waals surface area (Å²) in [5, 5.41) is 3.36. The molecule has 1 aromatic heterocycles. The highest BCUT2D eigenvalue weighted by atomic mass is 16.2. The first kappa shape index (κ1) is 20.1. The molecule has 2 aromatic carbocycles. The maximum atomic E-state index is 13.0. The molecule has 30 heavy (non-hydrogen) atoms. The average molecular weight is 401 g/mol. The van der Waals surface area contributed by atoms with Gasteiger partial charge in [0.15, 0.2) is 0 Å². The predicted octanol–water partition coefficient (Wildman–Crippen LogP) is 4.17. The largest absolute Gasteiger partial charge is 0.380 e. The fraction of sp³-hybridized carbons (Fsp3) is 0.280. The van der Waals surface area contributed by atoms with Gasteiger partial charge in [-0.25, -0.2) is 0 Å². The molecule has 4 rings (SSSR count). The molecule has 1 aliphatic rings. The maximum absolute atomic E-state index is 13.0. The summed E-state index contributed by atoms with van der Waals surface area (Å²) in [6.07, 6.45) is 5.36. The van der Waals surface area contributed by atoms with Crippen molar-refractivity contribution < 1.29 is 4.79 Å². The molecule has 1 saturated heterocycles. The van der Waals surface area contributed by atoms with Crippen LogP contribution in [0.25, 0.3) is 0 Å². The number of amides is 1. The summed E-state index contributed by atoms with van der Waals surface area (Å²) in [5.41, 5.74) is 11.0. The van der Waals surface area contributed by atoms with Gasteiger partial charge in [-0.15, -0.1) is 0 Å². The summed E-state index contributed by atoms with van der Waals surface area (Å²) in [6, 6.07) is 20.6. The minimum Gasteiger partial charge on any atom is -0.380 e. The number of nitrogens with one attached hydrogen (secondary N) is 1. The van der Waals surface area contributed by atoms with Gasteiger partial charge in [0.25, 0.3) is 5.91 Å². The van der Waals surface area contributed by atoms with Crippen LogP contribution < -0.4 is 11.1 Å². The van der Waals surface area contributed by atoms with Crippen LogP contribution >= 0.6 is 0 Å². The number of hydrogen-bond acceptors (Lipinski definition) is 4. The molecule has 0 unspecified atom stereocenters. The zero-order chi connectivity index (χ0) is 20.8. The van der Waals surface area contributed by atoms with Gasteiger partial charge in [0.2, 0.25) is 0 Å². The molecular weight excluding hydrogens is 372 g/mol. The molecule has 0 bridgehead atoms. The SMILES string of the molecule is NCc1cccc(C2CCN(C(=O)c3cncc(NCc4ccccc4)c3)CC2)c1. The molecule has 0 saturated carbocycles. The fourth-order valence-corrected chi connectivity index (χ4v) is 4.03. The van der Waals surface area contributed by atoms with Gasteiger partial charge in [-0.1, -0.05) is 54.6 Å². The molecular formula is C25H28N4O. The van der Waals surface area contributed by atoms with Crippen molar-refractivity contribution >= 4 is 11.6 Å². The topological polar surface area (TPSA) is 71.2 Å². The Labute approximate surface area is 177 Å². The molecule has 1 amide bonds. The number of carbonyl (C=O) groups is 1. The summed E-state index contributed by atoms with van der Waals surface area (Å²) in [4.78, 5) is 19.2. The van der Waals surface area contributed by atoms with Crippen molar-refractivity contribution in [2.75, 3.05) is 18.4 Å². The van der Waals surface area contributed by atoms with E-state index in [1.165, 1.54) is 11.1 Å². The number of nitrogens with zero attached hydrogens (tertiary/aromatic N) is 2. The second-order valence-electron chi connectivity index (χ2n) is 7.82. The van der Waals surface area contributed by atoms with Crippen LogP contribution in [0.5, 0.6) is 0 Å². The van der Waals surface area contributed by atoms with Crippen molar-refractivity contribution in [1.29, 1.82) is 0 Å². The number of aromatic nitrogens is 1. The molecule has 3 aromatic rings. The van der Waals surface area contributed by atoms with Gasteiger partial charge in [0, 0.05) is 38.6 Å². The molecule has 154 valence electrons. The van der Waals surface area contributed by atoms with Gasteiger partial charge in [0.1, 0.15) is 0 Å². The van der Waals surface area contributed by atoms with E-state index in [0.29, 0.717) is 24.6 Å². The normalized spacial score (nSPS) is 14.5. The first-order chi connectivity index (χ1) is 14.7. The summed E-state index contributed by atoms with van der Waals surface area (Å²) in [5.74, 6) is 0.539. The Morgan fingerprint density at radius 3 is 2.53 bits per heavy atom. The van der Waals surface area contributed by atoms with Crippen LogP contribution in [-0.4, -0.2) is 28.9 Å². The maximum Gasteiger partial charge on any atom is 0.255 e. The molecule has 1 aliphatic heterocycles. The molecule has 3 N–H and O–H groups in total. The van der Waals surface area contributed by atoms with Crippen LogP contribution in [0.3, 0.4) is 0 Å². The third kappa shape index (κ3) is 4.86. The van der Waals surface area contributed by atoms with Crippen molar-refractivity contribution in [3.63, 3.8) is 0 Å². The Morgan fingerprint density at radius 1 is 1.00 bits per heavy atom. The second kappa shape index (κ2) is 9.55. The van der Waals surface area contributed by atoms with Crippen molar-refractivity contribution in [2.45, 2.75) is 31.8 Å². The van der Waals surface area contributed by atoms with Crippen LogP contribution in [0.4, 0.5) is 5.69 Å². The minimum absolute atomic E-state index is 0.0556. The van der Waals surface area contributed by atoms with Crippen LogP contribution in [0.1, 0.15) is 45.8 Å². The highest BCUT2D eigenvalue weighted by Crippen LogP contribution is 2.29. The number of rotatable bonds is 6. The third-order valence-electron chi connectivity index (χ3n) is 5.76. The fourth-order valence-electron chi connectivity index (χ4n) is 4.03. The van der Waals surface area contributed by atoms with Crippen LogP contribution in [0.15, 0.2) is 73.1 Å². The highest BCUT2D eigenvalue weighted by Gasteiger charge is 2.25. The Morgan fingerprint density at radius 2 is 1.77 bits per heavy atom. The quantitative estimate of drug-likeness (QED) is 0.651. The molecule has 5 heteroatoms. The zero-order valence-electron chi connectivity index (χ0n) is 17.1. The van der Waals surface area contributed by atoms with E-state index in [2.05, 4.69) is 46.7 Å². The number of hydrogen-bond donors (Lipinski definition) is 2. The van der Waals surface area contributed by atoms with Crippen LogP contribution in [0.2, 0.25) is 0 Å². The van der Waals surface area contributed by atoms with Crippen LogP contribution in [-0.2, 0) is 13.1 Å². The lowest BCUT2D eigenvalue weighted by Crippen LogP contribution is -2.38. The Kier molecular flexibility index (Phi) is 6.40. The summed E-state index contributed by atoms with van der Waals surface area (Å²) >= 11 is 0. The number of anilines is 1. The molecule has 2 heterocycles. The Hall–Kier alpha value is -3.18. The van der Waals surface area contributed by atoms with E-state index in [9.17, 15) is 4.79 Å². The average Bonchev–Trinajstić information content (AvgIpc) is 2.83. The Bertz CT molecular complexity index is 981. The lowest BCUT2D eigenvalue weighted by molar-refractivity contribution is 0.0712. The van der Waals surface area contributed by atoms with E-state index in [0.717, 1.165) is 37.2 Å². The van der Waals surface area contributed by atoms with E-state index in [1.54, 1.807) is 12.4 Å². The van der Waals surface area contributed by atoms with Crippen molar-refractivity contribution in [1.82, 2.24) is 9.88 Å². The predicted molar refractivity (Wildman–Crippen MR) is 120 cm³/mol. The number of pyridine rings is 1. The first-order valence-electron chi connectivity index (χ1n) is 10.5. The number of carbonyl (C=O) groups excluding carboxylic acids is 1. The van der Waals surface area contributed by atoms with E-state index < -0.39 is 0 Å². The van der Waals surface area contributed by atoms with Gasteiger partial charge in [-0.2, -0.15) is 0 Å². The monoisotopic (exact) mass is 400 g/mol. The van der Waals surface area contributed by atoms with Gasteiger partial charge >= 0.3 is 0 Å². The molecule has 0 spiro atoms. The summed E-state index contributed by atoms with van der Waals surface area (Å²) in [7, 11) is 0. The zero-order valence-corrected chi connectivity index (χ0v) is 17.1. The summed E-state index contributed by atoms with van der Waals surface area (Å²) in [6.45, 7) is 2.79. The van der Waals surface area contributed by atoms with Crippen LogP contribution in [0, 0.1) is 0 Å². The van der Waals surface area contributed by atoms with Crippen molar-refractivity contribution in [3.8, 4) is 0 Å². The van der Waals surface area contributed by atoms with E-state index in [-0.39, 0.29) is 5.91 Å². The first-order valence-corrected chi connectivity index (χ1v) is 10.5. The van der Waals surface area contributed by atoms with Gasteiger partial charge < -0.3 is 16.0 Å². The van der Waals surface area contributed by atoms with Gasteiger partial charge in [-0.05, 0) is 41.5 Å². The number of benzene rings is 2. The Balaban J connectivity index is 1.36. The minimum atomic E-state index is 0.0556. The van der Waals surface area contributed by atoms with E-state index in [4.69, 9.17) is 5.73 Å². The lowest BCUT2D eigenvalue weighted by Gasteiger charge is -2.32. The smallest absolute Gasteiger partial charge is 0.255 e. The summed E-state index contributed by atoms with van der Waals surface area (Å²) < 4.78 is 0. The standard InChI is InChI=1S/C25H28N4O/c26-15-20-7-4-8-22(13-20)21-9-11-29(12-10-21)25(30)23-14-24(18-27-17-23)28-16-19-5-2-1-3-6-19/h1-8,13-14,17-18,21,28H,9-12,15-16,26H2. The van der Waals surface area contributed by atoms with Gasteiger partial charge in [0.05, 0.1) is 11.3 Å². The van der Waals surface area contributed by atoms with Crippen molar-refractivity contribution in [2.24, 2.45) is 5.73 Å². The number of nitrogens with two attached hydrogens (primary N) is 1.